The third-order valence-electron chi connectivity index (χ3n) is 4.35. The van der Waals surface area contributed by atoms with Crippen LogP contribution in [0.2, 0.25) is 0 Å². The van der Waals surface area contributed by atoms with Gasteiger partial charge in [0, 0.05) is 31.3 Å². The van der Waals surface area contributed by atoms with Crippen LogP contribution in [0.15, 0.2) is 34.2 Å². The lowest BCUT2D eigenvalue weighted by atomic mass is 10.1. The summed E-state index contributed by atoms with van der Waals surface area (Å²) in [6.07, 6.45) is 2.96. The fraction of sp³-hybridized carbons (Fsp3) is 0.333. The predicted octanol–water partition coefficient (Wildman–Crippen LogP) is 3.97. The second-order valence-electron chi connectivity index (χ2n) is 6.06. The standard InChI is InChI=1S/C18H19N3OS/c1-12-8-15(22-13(12)2)11-21-6-5-16-14(10-21)9-19-18(20-16)17-4-3-7-23-17/h3-4,7-9H,5-6,10-11H2,1-2H3. The molecule has 4 heterocycles. The molecule has 0 saturated heterocycles. The van der Waals surface area contributed by atoms with Gasteiger partial charge in [0.1, 0.15) is 11.5 Å². The number of furan rings is 1. The van der Waals surface area contributed by atoms with Gasteiger partial charge in [-0.2, -0.15) is 0 Å². The van der Waals surface area contributed by atoms with Crippen LogP contribution >= 0.6 is 11.3 Å². The van der Waals surface area contributed by atoms with Gasteiger partial charge in [-0.3, -0.25) is 4.90 Å². The number of fused-ring (bicyclic) bond motifs is 1. The highest BCUT2D eigenvalue weighted by molar-refractivity contribution is 7.13. The highest BCUT2D eigenvalue weighted by Gasteiger charge is 2.20. The van der Waals surface area contributed by atoms with E-state index in [1.807, 2.05) is 19.2 Å². The van der Waals surface area contributed by atoms with E-state index in [2.05, 4.69) is 34.3 Å². The maximum Gasteiger partial charge on any atom is 0.169 e. The Labute approximate surface area is 139 Å². The molecule has 1 aliphatic rings. The molecule has 3 aromatic rings. The summed E-state index contributed by atoms with van der Waals surface area (Å²) < 4.78 is 5.80. The van der Waals surface area contributed by atoms with Crippen LogP contribution in [0.3, 0.4) is 0 Å². The molecule has 118 valence electrons. The minimum Gasteiger partial charge on any atom is -0.465 e. The van der Waals surface area contributed by atoms with E-state index < -0.39 is 0 Å². The number of aromatic nitrogens is 2. The molecule has 0 atom stereocenters. The second kappa shape index (κ2) is 5.91. The highest BCUT2D eigenvalue weighted by Crippen LogP contribution is 2.25. The molecule has 0 unspecified atom stereocenters. The Hall–Kier alpha value is -1.98. The first-order valence-electron chi connectivity index (χ1n) is 7.86. The van der Waals surface area contributed by atoms with Gasteiger partial charge in [-0.15, -0.1) is 11.3 Å². The van der Waals surface area contributed by atoms with Crippen molar-refractivity contribution in [1.82, 2.24) is 14.9 Å². The summed E-state index contributed by atoms with van der Waals surface area (Å²) in [7, 11) is 0. The zero-order chi connectivity index (χ0) is 15.8. The van der Waals surface area contributed by atoms with E-state index in [4.69, 9.17) is 9.40 Å². The van der Waals surface area contributed by atoms with Crippen molar-refractivity contribution < 1.29 is 4.42 Å². The first-order chi connectivity index (χ1) is 11.2. The Balaban J connectivity index is 1.51. The van der Waals surface area contributed by atoms with Crippen molar-refractivity contribution in [2.45, 2.75) is 33.4 Å². The summed E-state index contributed by atoms with van der Waals surface area (Å²) in [4.78, 5) is 12.8. The molecule has 1 aliphatic heterocycles. The fourth-order valence-corrected chi connectivity index (χ4v) is 3.65. The molecule has 0 saturated carbocycles. The van der Waals surface area contributed by atoms with Crippen LogP contribution in [0, 0.1) is 13.8 Å². The molecule has 0 amide bonds. The van der Waals surface area contributed by atoms with Gasteiger partial charge in [0.15, 0.2) is 5.82 Å². The number of thiophene rings is 1. The van der Waals surface area contributed by atoms with E-state index in [1.54, 1.807) is 11.3 Å². The van der Waals surface area contributed by atoms with Crippen LogP contribution in [0.4, 0.5) is 0 Å². The monoisotopic (exact) mass is 325 g/mol. The minimum atomic E-state index is 0.848. The normalized spacial score (nSPS) is 14.9. The highest BCUT2D eigenvalue weighted by atomic mass is 32.1. The van der Waals surface area contributed by atoms with Crippen molar-refractivity contribution in [1.29, 1.82) is 0 Å². The van der Waals surface area contributed by atoms with E-state index in [9.17, 15) is 0 Å². The quantitative estimate of drug-likeness (QED) is 0.730. The van der Waals surface area contributed by atoms with E-state index in [1.165, 1.54) is 16.8 Å². The van der Waals surface area contributed by atoms with Crippen LogP contribution < -0.4 is 0 Å². The molecule has 0 fully saturated rings. The van der Waals surface area contributed by atoms with Crippen molar-refractivity contribution in [2.75, 3.05) is 6.54 Å². The minimum absolute atomic E-state index is 0.848. The Bertz CT molecular complexity index is 803. The lowest BCUT2D eigenvalue weighted by Crippen LogP contribution is -2.30. The molecule has 0 N–H and O–H groups in total. The molecule has 4 nitrogen and oxygen atoms in total. The first-order valence-corrected chi connectivity index (χ1v) is 8.74. The topological polar surface area (TPSA) is 42.2 Å². The number of rotatable bonds is 3. The van der Waals surface area contributed by atoms with Crippen molar-refractivity contribution in [2.24, 2.45) is 0 Å². The molecule has 4 rings (SSSR count). The number of hydrogen-bond acceptors (Lipinski definition) is 5. The number of hydrogen-bond donors (Lipinski definition) is 0. The first kappa shape index (κ1) is 14.6. The Morgan fingerprint density at radius 3 is 3.00 bits per heavy atom. The summed E-state index contributed by atoms with van der Waals surface area (Å²) in [5.41, 5.74) is 3.64. The third kappa shape index (κ3) is 2.94. The fourth-order valence-electron chi connectivity index (χ4n) is 2.98. The van der Waals surface area contributed by atoms with Crippen LogP contribution in [0.1, 0.15) is 28.3 Å². The predicted molar refractivity (Wildman–Crippen MR) is 91.3 cm³/mol. The maximum absolute atomic E-state index is 5.80. The summed E-state index contributed by atoms with van der Waals surface area (Å²) in [5, 5.41) is 2.06. The smallest absolute Gasteiger partial charge is 0.169 e. The zero-order valence-electron chi connectivity index (χ0n) is 13.4. The average molecular weight is 325 g/mol. The van der Waals surface area contributed by atoms with Gasteiger partial charge in [0.05, 0.1) is 17.1 Å². The van der Waals surface area contributed by atoms with Gasteiger partial charge in [0.2, 0.25) is 0 Å². The summed E-state index contributed by atoms with van der Waals surface area (Å²) in [5.74, 6) is 2.91. The lowest BCUT2D eigenvalue weighted by molar-refractivity contribution is 0.222. The summed E-state index contributed by atoms with van der Waals surface area (Å²) >= 11 is 1.68. The van der Waals surface area contributed by atoms with Crippen molar-refractivity contribution >= 4 is 11.3 Å². The lowest BCUT2D eigenvalue weighted by Gasteiger charge is -2.27. The van der Waals surface area contributed by atoms with Gasteiger partial charge in [-0.25, -0.2) is 9.97 Å². The number of aryl methyl sites for hydroxylation is 2. The van der Waals surface area contributed by atoms with Gasteiger partial charge in [-0.05, 0) is 36.9 Å². The SMILES string of the molecule is Cc1cc(CN2CCc3nc(-c4cccs4)ncc3C2)oc1C. The van der Waals surface area contributed by atoms with E-state index in [-0.39, 0.29) is 0 Å². The molecule has 0 bridgehead atoms. The van der Waals surface area contributed by atoms with Crippen LogP contribution in [-0.2, 0) is 19.5 Å². The largest absolute Gasteiger partial charge is 0.465 e. The van der Waals surface area contributed by atoms with Crippen LogP contribution in [0.5, 0.6) is 0 Å². The molecule has 0 spiro atoms. The van der Waals surface area contributed by atoms with Gasteiger partial charge < -0.3 is 4.42 Å². The van der Waals surface area contributed by atoms with Crippen molar-refractivity contribution in [3.8, 4) is 10.7 Å². The summed E-state index contributed by atoms with van der Waals surface area (Å²) in [6, 6.07) is 6.25. The molecule has 0 aliphatic carbocycles. The molecule has 0 aromatic carbocycles. The summed E-state index contributed by atoms with van der Waals surface area (Å²) in [6.45, 7) is 6.85. The molecule has 5 heteroatoms. The Morgan fingerprint density at radius 2 is 2.26 bits per heavy atom. The maximum atomic E-state index is 5.80. The second-order valence-corrected chi connectivity index (χ2v) is 7.00. The Morgan fingerprint density at radius 1 is 1.35 bits per heavy atom. The third-order valence-corrected chi connectivity index (χ3v) is 5.22. The van der Waals surface area contributed by atoms with Crippen molar-refractivity contribution in [3.63, 3.8) is 0 Å². The molecular formula is C18H19N3OS. The van der Waals surface area contributed by atoms with Crippen molar-refractivity contribution in [3.05, 3.63) is 58.1 Å². The van der Waals surface area contributed by atoms with Crippen LogP contribution in [-0.4, -0.2) is 21.4 Å². The van der Waals surface area contributed by atoms with E-state index in [0.29, 0.717) is 0 Å². The van der Waals surface area contributed by atoms with Gasteiger partial charge in [0.25, 0.3) is 0 Å². The van der Waals surface area contributed by atoms with Gasteiger partial charge in [-0.1, -0.05) is 6.07 Å². The number of nitrogens with zero attached hydrogens (tertiary/aromatic N) is 3. The van der Waals surface area contributed by atoms with E-state index in [0.717, 1.165) is 48.3 Å². The molecular weight excluding hydrogens is 306 g/mol. The average Bonchev–Trinajstić information content (AvgIpc) is 3.18. The molecule has 23 heavy (non-hydrogen) atoms. The molecule has 3 aromatic heterocycles. The zero-order valence-corrected chi connectivity index (χ0v) is 14.2. The van der Waals surface area contributed by atoms with Gasteiger partial charge >= 0.3 is 0 Å². The Kier molecular flexibility index (Phi) is 3.75. The molecule has 0 radical (unpaired) electrons. The van der Waals surface area contributed by atoms with E-state index >= 15 is 0 Å². The van der Waals surface area contributed by atoms with Crippen LogP contribution in [0.25, 0.3) is 10.7 Å².